The van der Waals surface area contributed by atoms with Crippen molar-refractivity contribution in [2.24, 2.45) is 0 Å². The molecule has 2 heterocycles. The van der Waals surface area contributed by atoms with Gasteiger partial charge in [-0.15, -0.1) is 0 Å². The molecule has 1 aromatic heterocycles. The van der Waals surface area contributed by atoms with Gasteiger partial charge in [0.25, 0.3) is 5.56 Å². The molecule has 0 bridgehead atoms. The SMILES string of the molecule is CCCC(=O)OC[C@H]1O[C@@H](n2ccc(O)cc2=O)[C@@H](O)[C@@H]1O. The van der Waals surface area contributed by atoms with Gasteiger partial charge >= 0.3 is 5.97 Å². The quantitative estimate of drug-likeness (QED) is 0.628. The number of rotatable bonds is 5. The minimum atomic E-state index is -1.35. The molecular weight excluding hydrogens is 294 g/mol. The second-order valence-corrected chi connectivity index (χ2v) is 5.11. The Morgan fingerprint density at radius 3 is 2.77 bits per heavy atom. The van der Waals surface area contributed by atoms with E-state index in [9.17, 15) is 24.9 Å². The van der Waals surface area contributed by atoms with Crippen molar-refractivity contribution in [2.45, 2.75) is 44.3 Å². The molecule has 3 N–H and O–H groups in total. The molecule has 0 saturated carbocycles. The topological polar surface area (TPSA) is 118 Å². The van der Waals surface area contributed by atoms with Crippen LogP contribution in [-0.4, -0.2) is 50.8 Å². The lowest BCUT2D eigenvalue weighted by Crippen LogP contribution is -2.35. The highest BCUT2D eigenvalue weighted by atomic mass is 16.6. The van der Waals surface area contributed by atoms with Crippen molar-refractivity contribution in [3.8, 4) is 5.75 Å². The summed E-state index contributed by atoms with van der Waals surface area (Å²) in [6.45, 7) is 1.62. The molecule has 0 amide bonds. The molecule has 1 aromatic rings. The zero-order valence-electron chi connectivity index (χ0n) is 12.1. The molecule has 0 unspecified atom stereocenters. The summed E-state index contributed by atoms with van der Waals surface area (Å²) in [5.41, 5.74) is -0.583. The summed E-state index contributed by atoms with van der Waals surface area (Å²) in [4.78, 5) is 23.1. The van der Waals surface area contributed by atoms with Crippen molar-refractivity contribution >= 4 is 5.97 Å². The van der Waals surface area contributed by atoms with Crippen LogP contribution in [0.1, 0.15) is 26.0 Å². The van der Waals surface area contributed by atoms with Crippen LogP contribution < -0.4 is 5.56 Å². The van der Waals surface area contributed by atoms with E-state index in [0.29, 0.717) is 6.42 Å². The monoisotopic (exact) mass is 313 g/mol. The molecule has 4 atom stereocenters. The van der Waals surface area contributed by atoms with Gasteiger partial charge in [0.2, 0.25) is 0 Å². The third-order valence-electron chi connectivity index (χ3n) is 3.41. The third-order valence-corrected chi connectivity index (χ3v) is 3.41. The van der Waals surface area contributed by atoms with Gasteiger partial charge in [-0.3, -0.25) is 14.2 Å². The summed E-state index contributed by atoms with van der Waals surface area (Å²) in [5.74, 6) is -0.627. The van der Waals surface area contributed by atoms with E-state index in [2.05, 4.69) is 0 Å². The van der Waals surface area contributed by atoms with Crippen LogP contribution >= 0.6 is 0 Å². The molecule has 2 rings (SSSR count). The van der Waals surface area contributed by atoms with Gasteiger partial charge in [-0.05, 0) is 12.5 Å². The van der Waals surface area contributed by atoms with Gasteiger partial charge in [-0.2, -0.15) is 0 Å². The number of aromatic nitrogens is 1. The average molecular weight is 313 g/mol. The summed E-state index contributed by atoms with van der Waals surface area (Å²) < 4.78 is 11.4. The fourth-order valence-corrected chi connectivity index (χ4v) is 2.24. The van der Waals surface area contributed by atoms with Gasteiger partial charge in [0, 0.05) is 18.7 Å². The first kappa shape index (κ1) is 16.5. The van der Waals surface area contributed by atoms with Gasteiger partial charge in [0.1, 0.15) is 30.7 Å². The van der Waals surface area contributed by atoms with Gasteiger partial charge in [0.05, 0.1) is 0 Å². The van der Waals surface area contributed by atoms with E-state index in [-0.39, 0.29) is 18.8 Å². The Kier molecular flexibility index (Phi) is 5.17. The summed E-state index contributed by atoms with van der Waals surface area (Å²) in [6.07, 6.45) is -2.53. The standard InChI is InChI=1S/C14H19NO7/c1-2-3-11(18)21-7-9-12(19)13(20)14(22-9)15-5-4-8(16)6-10(15)17/h4-6,9,12-14,16,19-20H,2-3,7H2,1H3/t9-,12-,13+,14-/m1/s1. The summed E-state index contributed by atoms with van der Waals surface area (Å²) in [7, 11) is 0. The maximum Gasteiger partial charge on any atom is 0.305 e. The first-order chi connectivity index (χ1) is 10.4. The van der Waals surface area contributed by atoms with Crippen LogP contribution in [0, 0.1) is 0 Å². The molecule has 0 radical (unpaired) electrons. The van der Waals surface area contributed by atoms with E-state index in [0.717, 1.165) is 10.6 Å². The highest BCUT2D eigenvalue weighted by molar-refractivity contribution is 5.69. The zero-order chi connectivity index (χ0) is 16.3. The zero-order valence-corrected chi connectivity index (χ0v) is 12.1. The number of aromatic hydroxyl groups is 1. The van der Waals surface area contributed by atoms with E-state index < -0.39 is 36.1 Å². The number of pyridine rings is 1. The number of ether oxygens (including phenoxy) is 2. The highest BCUT2D eigenvalue weighted by Gasteiger charge is 2.44. The molecule has 22 heavy (non-hydrogen) atoms. The Labute approximate surface area is 126 Å². The Morgan fingerprint density at radius 1 is 1.41 bits per heavy atom. The van der Waals surface area contributed by atoms with E-state index in [4.69, 9.17) is 9.47 Å². The first-order valence-corrected chi connectivity index (χ1v) is 7.02. The van der Waals surface area contributed by atoms with Crippen molar-refractivity contribution in [3.05, 3.63) is 28.7 Å². The fourth-order valence-electron chi connectivity index (χ4n) is 2.24. The second kappa shape index (κ2) is 6.91. The lowest BCUT2D eigenvalue weighted by molar-refractivity contribution is -0.150. The number of aliphatic hydroxyl groups excluding tert-OH is 2. The van der Waals surface area contributed by atoms with Crippen molar-refractivity contribution in [3.63, 3.8) is 0 Å². The molecule has 0 aliphatic carbocycles. The number of aliphatic hydroxyl groups is 2. The average Bonchev–Trinajstić information content (AvgIpc) is 2.74. The smallest absolute Gasteiger partial charge is 0.305 e. The summed E-state index contributed by atoms with van der Waals surface area (Å²) in [6, 6.07) is 2.23. The van der Waals surface area contributed by atoms with Crippen molar-refractivity contribution in [2.75, 3.05) is 6.61 Å². The maximum absolute atomic E-state index is 11.8. The number of esters is 1. The van der Waals surface area contributed by atoms with Crippen LogP contribution in [0.2, 0.25) is 0 Å². The van der Waals surface area contributed by atoms with Crippen LogP contribution in [0.3, 0.4) is 0 Å². The molecular formula is C14H19NO7. The molecule has 8 heteroatoms. The van der Waals surface area contributed by atoms with Crippen LogP contribution in [0.4, 0.5) is 0 Å². The first-order valence-electron chi connectivity index (χ1n) is 7.02. The Hall–Kier alpha value is -1.90. The molecule has 1 aliphatic heterocycles. The van der Waals surface area contributed by atoms with Crippen LogP contribution in [0.15, 0.2) is 23.1 Å². The van der Waals surface area contributed by atoms with Crippen LogP contribution in [-0.2, 0) is 14.3 Å². The summed E-state index contributed by atoms with van der Waals surface area (Å²) in [5, 5.41) is 29.2. The Bertz CT molecular complexity index is 585. The van der Waals surface area contributed by atoms with Gasteiger partial charge in [-0.1, -0.05) is 6.92 Å². The third kappa shape index (κ3) is 3.46. The lowest BCUT2D eigenvalue weighted by atomic mass is 10.1. The molecule has 0 spiro atoms. The molecule has 0 aromatic carbocycles. The van der Waals surface area contributed by atoms with Crippen molar-refractivity contribution in [1.29, 1.82) is 0 Å². The predicted octanol–water partition coefficient (Wildman–Crippen LogP) is -0.484. The number of carbonyl (C=O) groups excluding carboxylic acids is 1. The van der Waals surface area contributed by atoms with Gasteiger partial charge < -0.3 is 24.8 Å². The number of carbonyl (C=O) groups is 1. The number of hydrogen-bond acceptors (Lipinski definition) is 7. The van der Waals surface area contributed by atoms with E-state index in [1.54, 1.807) is 0 Å². The van der Waals surface area contributed by atoms with Crippen LogP contribution in [0.5, 0.6) is 5.75 Å². The minimum Gasteiger partial charge on any atom is -0.508 e. The summed E-state index contributed by atoms with van der Waals surface area (Å²) >= 11 is 0. The Morgan fingerprint density at radius 2 is 2.14 bits per heavy atom. The fraction of sp³-hybridized carbons (Fsp3) is 0.571. The lowest BCUT2D eigenvalue weighted by Gasteiger charge is -2.17. The van der Waals surface area contributed by atoms with Crippen molar-refractivity contribution in [1.82, 2.24) is 4.57 Å². The predicted molar refractivity (Wildman–Crippen MR) is 74.2 cm³/mol. The van der Waals surface area contributed by atoms with E-state index in [1.807, 2.05) is 6.92 Å². The van der Waals surface area contributed by atoms with E-state index in [1.165, 1.54) is 12.3 Å². The normalized spacial score (nSPS) is 27.8. The van der Waals surface area contributed by atoms with E-state index >= 15 is 0 Å². The van der Waals surface area contributed by atoms with Crippen molar-refractivity contribution < 1.29 is 29.6 Å². The number of hydrogen-bond donors (Lipinski definition) is 3. The Balaban J connectivity index is 2.06. The molecule has 1 saturated heterocycles. The van der Waals surface area contributed by atoms with Gasteiger partial charge in [0.15, 0.2) is 6.23 Å². The van der Waals surface area contributed by atoms with Gasteiger partial charge in [-0.25, -0.2) is 0 Å². The molecule has 122 valence electrons. The molecule has 8 nitrogen and oxygen atoms in total. The minimum absolute atomic E-state index is 0.208. The molecule has 1 aliphatic rings. The maximum atomic E-state index is 11.8. The largest absolute Gasteiger partial charge is 0.508 e. The highest BCUT2D eigenvalue weighted by Crippen LogP contribution is 2.28. The molecule has 1 fully saturated rings. The number of nitrogens with zero attached hydrogens (tertiary/aromatic N) is 1. The van der Waals surface area contributed by atoms with Crippen LogP contribution in [0.25, 0.3) is 0 Å². The second-order valence-electron chi connectivity index (χ2n) is 5.11.